The summed E-state index contributed by atoms with van der Waals surface area (Å²) in [6, 6.07) is 0. The number of carbonyl (C=O) groups is 3. The summed E-state index contributed by atoms with van der Waals surface area (Å²) in [6.45, 7) is 1.27. The first-order valence-electron chi connectivity index (χ1n) is 3.36. The zero-order valence-corrected chi connectivity index (χ0v) is 6.46. The van der Waals surface area contributed by atoms with E-state index in [0.29, 0.717) is 0 Å². The maximum atomic E-state index is 11.0. The molecule has 0 fully saturated rings. The first-order valence-corrected chi connectivity index (χ1v) is 3.36. The molecular weight excluding hydrogens is 158 g/mol. The van der Waals surface area contributed by atoms with E-state index in [1.165, 1.54) is 19.1 Å². The van der Waals surface area contributed by atoms with Crippen LogP contribution in [0.5, 0.6) is 0 Å². The van der Waals surface area contributed by atoms with Gasteiger partial charge in [0.15, 0.2) is 0 Å². The van der Waals surface area contributed by atoms with E-state index in [1.54, 1.807) is 0 Å². The van der Waals surface area contributed by atoms with E-state index in [2.05, 4.69) is 5.32 Å². The van der Waals surface area contributed by atoms with Crippen molar-refractivity contribution in [2.75, 3.05) is 0 Å². The lowest BCUT2D eigenvalue weighted by atomic mass is 10.1. The highest BCUT2D eigenvalue weighted by molar-refractivity contribution is 6.48. The normalized spacial score (nSPS) is 15.9. The fourth-order valence-corrected chi connectivity index (χ4v) is 0.804. The summed E-state index contributed by atoms with van der Waals surface area (Å²) in [5.74, 6) is -1.65. The molecule has 0 heterocycles. The van der Waals surface area contributed by atoms with Crippen molar-refractivity contribution in [1.82, 2.24) is 5.32 Å². The van der Waals surface area contributed by atoms with Crippen LogP contribution in [0.2, 0.25) is 0 Å². The maximum absolute atomic E-state index is 11.0. The van der Waals surface area contributed by atoms with Crippen molar-refractivity contribution in [2.24, 2.45) is 0 Å². The van der Waals surface area contributed by atoms with Gasteiger partial charge in [0.1, 0.15) is 0 Å². The number of rotatable bonds is 1. The van der Waals surface area contributed by atoms with Crippen LogP contribution in [0.1, 0.15) is 6.92 Å². The van der Waals surface area contributed by atoms with Gasteiger partial charge < -0.3 is 5.32 Å². The van der Waals surface area contributed by atoms with Gasteiger partial charge in [-0.3, -0.25) is 14.4 Å². The van der Waals surface area contributed by atoms with Crippen LogP contribution in [0.4, 0.5) is 0 Å². The van der Waals surface area contributed by atoms with Crippen molar-refractivity contribution in [1.29, 1.82) is 0 Å². The van der Waals surface area contributed by atoms with Gasteiger partial charge in [0.05, 0.1) is 5.70 Å². The topological polar surface area (TPSA) is 63.2 Å². The first kappa shape index (κ1) is 8.39. The highest BCUT2D eigenvalue weighted by Crippen LogP contribution is 2.01. The number of Topliss-reactive ketones (excluding diaryl/α,β-unsaturated/α-hetero) is 1. The summed E-state index contributed by atoms with van der Waals surface area (Å²) in [7, 11) is 0. The molecule has 4 nitrogen and oxygen atoms in total. The number of hydrogen-bond acceptors (Lipinski definition) is 3. The summed E-state index contributed by atoms with van der Waals surface area (Å²) in [5.41, 5.74) is 0.0370. The van der Waals surface area contributed by atoms with Gasteiger partial charge >= 0.3 is 0 Å². The Kier molecular flexibility index (Phi) is 2.19. The Balaban J connectivity index is 2.83. The molecule has 0 aliphatic heterocycles. The van der Waals surface area contributed by atoms with Gasteiger partial charge in [-0.25, -0.2) is 0 Å². The quantitative estimate of drug-likeness (QED) is 0.429. The molecule has 0 saturated carbocycles. The molecule has 4 heteroatoms. The predicted molar refractivity (Wildman–Crippen MR) is 41.1 cm³/mol. The van der Waals surface area contributed by atoms with E-state index >= 15 is 0 Å². The highest BCUT2D eigenvalue weighted by Gasteiger charge is 2.19. The molecule has 1 amide bonds. The molecule has 0 atom stereocenters. The van der Waals surface area contributed by atoms with Crippen molar-refractivity contribution in [3.05, 3.63) is 23.9 Å². The van der Waals surface area contributed by atoms with Crippen LogP contribution in [0, 0.1) is 0 Å². The van der Waals surface area contributed by atoms with Gasteiger partial charge in [0, 0.05) is 6.92 Å². The molecule has 0 aromatic heterocycles. The maximum Gasteiger partial charge on any atom is 0.249 e. The van der Waals surface area contributed by atoms with Gasteiger partial charge in [-0.05, 0) is 12.2 Å². The van der Waals surface area contributed by atoms with Crippen LogP contribution < -0.4 is 5.32 Å². The van der Waals surface area contributed by atoms with Crippen molar-refractivity contribution >= 4 is 17.5 Å². The Labute approximate surface area is 68.9 Å². The minimum atomic E-state index is -0.673. The van der Waals surface area contributed by atoms with Crippen molar-refractivity contribution in [3.8, 4) is 0 Å². The van der Waals surface area contributed by atoms with Crippen LogP contribution in [0.25, 0.3) is 0 Å². The second kappa shape index (κ2) is 3.13. The Morgan fingerprint density at radius 3 is 2.67 bits per heavy atom. The lowest BCUT2D eigenvalue weighted by Crippen LogP contribution is -2.29. The summed E-state index contributed by atoms with van der Waals surface area (Å²) in [4.78, 5) is 32.3. The summed E-state index contributed by atoms with van der Waals surface area (Å²) in [5, 5.41) is 2.26. The minimum absolute atomic E-state index is 0.0370. The third kappa shape index (κ3) is 1.66. The third-order valence-electron chi connectivity index (χ3n) is 1.29. The summed E-state index contributed by atoms with van der Waals surface area (Å²) in [6.07, 6.45) is 3.98. The van der Waals surface area contributed by atoms with E-state index in [9.17, 15) is 14.4 Å². The molecule has 0 aromatic rings. The number of amides is 1. The van der Waals surface area contributed by atoms with E-state index in [1.807, 2.05) is 0 Å². The Morgan fingerprint density at radius 1 is 1.42 bits per heavy atom. The fraction of sp³-hybridized carbons (Fsp3) is 0.125. The molecule has 1 aliphatic rings. The Hall–Kier alpha value is -1.71. The summed E-state index contributed by atoms with van der Waals surface area (Å²) >= 11 is 0. The number of allylic oxidation sites excluding steroid dienone is 4. The first-order chi connectivity index (χ1) is 5.61. The molecule has 1 rings (SSSR count). The lowest BCUT2D eigenvalue weighted by Gasteiger charge is -2.05. The van der Waals surface area contributed by atoms with Crippen LogP contribution in [0.15, 0.2) is 23.9 Å². The van der Waals surface area contributed by atoms with Crippen molar-refractivity contribution in [3.63, 3.8) is 0 Å². The molecule has 0 bridgehead atoms. The molecule has 62 valence electrons. The van der Waals surface area contributed by atoms with E-state index in [0.717, 1.165) is 6.08 Å². The zero-order valence-electron chi connectivity index (χ0n) is 6.46. The van der Waals surface area contributed by atoms with E-state index in [-0.39, 0.29) is 11.6 Å². The number of nitrogens with one attached hydrogen (secondary N) is 1. The second-order valence-electron chi connectivity index (χ2n) is 2.31. The Morgan fingerprint density at radius 2 is 2.08 bits per heavy atom. The van der Waals surface area contributed by atoms with Gasteiger partial charge in [-0.1, -0.05) is 6.08 Å². The van der Waals surface area contributed by atoms with E-state index < -0.39 is 11.6 Å². The van der Waals surface area contributed by atoms with Gasteiger partial charge in [0.25, 0.3) is 0 Å². The number of ketones is 2. The standard InChI is InChI=1S/C8H7NO3/c1-5(10)9-6-3-2-4-7(11)8(6)12/h2-4H,1H3,(H,9,10). The number of carbonyl (C=O) groups excluding carboxylic acids is 3. The SMILES string of the molecule is CC(=O)NC1=CC=CC(=O)C1=O. The molecule has 0 unspecified atom stereocenters. The van der Waals surface area contributed by atoms with Crippen LogP contribution in [-0.2, 0) is 14.4 Å². The molecule has 0 saturated heterocycles. The smallest absolute Gasteiger partial charge is 0.249 e. The molecule has 0 spiro atoms. The van der Waals surface area contributed by atoms with Crippen molar-refractivity contribution < 1.29 is 14.4 Å². The highest BCUT2D eigenvalue weighted by atomic mass is 16.2. The van der Waals surface area contributed by atoms with Gasteiger partial charge in [0.2, 0.25) is 17.5 Å². The van der Waals surface area contributed by atoms with Crippen LogP contribution >= 0.6 is 0 Å². The molecular formula is C8H7NO3. The lowest BCUT2D eigenvalue weighted by molar-refractivity contribution is -0.132. The third-order valence-corrected chi connectivity index (χ3v) is 1.29. The molecule has 1 aliphatic carbocycles. The molecule has 1 N–H and O–H groups in total. The zero-order chi connectivity index (χ0) is 9.14. The second-order valence-corrected chi connectivity index (χ2v) is 2.31. The van der Waals surface area contributed by atoms with Gasteiger partial charge in [-0.2, -0.15) is 0 Å². The average Bonchev–Trinajstić information content (AvgIpc) is 1.98. The van der Waals surface area contributed by atoms with Gasteiger partial charge in [-0.15, -0.1) is 0 Å². The average molecular weight is 165 g/mol. The van der Waals surface area contributed by atoms with Crippen molar-refractivity contribution in [2.45, 2.75) is 6.92 Å². The molecule has 0 radical (unpaired) electrons. The minimum Gasteiger partial charge on any atom is -0.323 e. The van der Waals surface area contributed by atoms with Crippen LogP contribution in [0.3, 0.4) is 0 Å². The predicted octanol–water partition coefficient (Wildman–Crippen LogP) is -0.286. The monoisotopic (exact) mass is 165 g/mol. The largest absolute Gasteiger partial charge is 0.323 e. The Bertz CT molecular complexity index is 312. The molecule has 12 heavy (non-hydrogen) atoms. The van der Waals surface area contributed by atoms with E-state index in [4.69, 9.17) is 0 Å². The summed E-state index contributed by atoms with van der Waals surface area (Å²) < 4.78 is 0. The number of hydrogen-bond donors (Lipinski definition) is 1. The molecule has 0 aromatic carbocycles. The fourth-order valence-electron chi connectivity index (χ4n) is 0.804. The van der Waals surface area contributed by atoms with Crippen LogP contribution in [-0.4, -0.2) is 17.5 Å².